The van der Waals surface area contributed by atoms with E-state index < -0.39 is 0 Å². The van der Waals surface area contributed by atoms with Crippen molar-refractivity contribution in [3.8, 4) is 0 Å². The molecule has 0 aromatic rings. The van der Waals surface area contributed by atoms with Gasteiger partial charge in [0, 0.05) is 30.0 Å². The molecule has 2 aliphatic rings. The van der Waals surface area contributed by atoms with E-state index in [-0.39, 0.29) is 0 Å². The molecule has 0 spiro atoms. The number of nitrogens with zero attached hydrogens (tertiary/aromatic N) is 1. The number of nitrogens with one attached hydrogen (secondary N) is 1. The molecule has 2 aliphatic heterocycles. The van der Waals surface area contributed by atoms with Crippen LogP contribution < -0.4 is 5.32 Å². The van der Waals surface area contributed by atoms with Gasteiger partial charge in [0.2, 0.25) is 5.91 Å². The topological polar surface area (TPSA) is 32.3 Å². The van der Waals surface area contributed by atoms with Crippen LogP contribution in [0.4, 0.5) is 0 Å². The minimum atomic E-state index is 0.386. The number of rotatable bonds is 2. The molecule has 0 bridgehead atoms. The molecule has 3 nitrogen and oxygen atoms in total. The minimum absolute atomic E-state index is 0.386. The SMILES string of the molecule is CC1SCCN(C(=O)CC2CCNCC2)C1C. The van der Waals surface area contributed by atoms with E-state index in [2.05, 4.69) is 24.1 Å². The largest absolute Gasteiger partial charge is 0.338 e. The smallest absolute Gasteiger partial charge is 0.223 e. The molecule has 0 aromatic heterocycles. The van der Waals surface area contributed by atoms with Gasteiger partial charge in [-0.1, -0.05) is 6.92 Å². The second-order valence-electron chi connectivity index (χ2n) is 5.30. The van der Waals surface area contributed by atoms with Crippen LogP contribution in [0.2, 0.25) is 0 Å². The molecule has 2 unspecified atom stereocenters. The average molecular weight is 256 g/mol. The first-order chi connectivity index (χ1) is 8.18. The lowest BCUT2D eigenvalue weighted by Gasteiger charge is -2.38. The fourth-order valence-electron chi connectivity index (χ4n) is 2.74. The van der Waals surface area contributed by atoms with Crippen LogP contribution in [-0.4, -0.2) is 47.5 Å². The normalized spacial score (nSPS) is 31.5. The lowest BCUT2D eigenvalue weighted by Crippen LogP contribution is -2.48. The molecule has 98 valence electrons. The highest BCUT2D eigenvalue weighted by Gasteiger charge is 2.30. The van der Waals surface area contributed by atoms with Crippen molar-refractivity contribution in [1.82, 2.24) is 10.2 Å². The fraction of sp³-hybridized carbons (Fsp3) is 0.923. The van der Waals surface area contributed by atoms with Crippen molar-refractivity contribution < 1.29 is 4.79 Å². The van der Waals surface area contributed by atoms with Crippen LogP contribution in [0.25, 0.3) is 0 Å². The second kappa shape index (κ2) is 6.10. The summed E-state index contributed by atoms with van der Waals surface area (Å²) in [5, 5.41) is 3.94. The van der Waals surface area contributed by atoms with Crippen molar-refractivity contribution in [2.24, 2.45) is 5.92 Å². The summed E-state index contributed by atoms with van der Waals surface area (Å²) in [4.78, 5) is 14.4. The second-order valence-corrected chi connectivity index (χ2v) is 6.79. The van der Waals surface area contributed by atoms with Gasteiger partial charge in [0.15, 0.2) is 0 Å². The maximum atomic E-state index is 12.3. The van der Waals surface area contributed by atoms with Crippen molar-refractivity contribution in [2.45, 2.75) is 44.4 Å². The van der Waals surface area contributed by atoms with Crippen LogP contribution in [0.3, 0.4) is 0 Å². The number of carbonyl (C=O) groups is 1. The van der Waals surface area contributed by atoms with Crippen LogP contribution in [-0.2, 0) is 4.79 Å². The molecule has 0 aliphatic carbocycles. The van der Waals surface area contributed by atoms with Gasteiger partial charge < -0.3 is 10.2 Å². The van der Waals surface area contributed by atoms with Crippen molar-refractivity contribution >= 4 is 17.7 Å². The Hall–Kier alpha value is -0.220. The van der Waals surface area contributed by atoms with Crippen molar-refractivity contribution in [1.29, 1.82) is 0 Å². The summed E-state index contributed by atoms with van der Waals surface area (Å²) in [6.07, 6.45) is 3.10. The molecule has 2 saturated heterocycles. The molecule has 4 heteroatoms. The highest BCUT2D eigenvalue weighted by atomic mass is 32.2. The molecular formula is C13H24N2OS. The van der Waals surface area contributed by atoms with E-state index in [0.29, 0.717) is 23.1 Å². The average Bonchev–Trinajstić information content (AvgIpc) is 2.34. The number of hydrogen-bond donors (Lipinski definition) is 1. The summed E-state index contributed by atoms with van der Waals surface area (Å²) in [5.74, 6) is 2.10. The molecule has 0 radical (unpaired) electrons. The van der Waals surface area contributed by atoms with Gasteiger partial charge >= 0.3 is 0 Å². The summed E-state index contributed by atoms with van der Waals surface area (Å²) in [6.45, 7) is 7.54. The Kier molecular flexibility index (Phi) is 4.74. The van der Waals surface area contributed by atoms with E-state index in [1.54, 1.807) is 0 Å². The van der Waals surface area contributed by atoms with E-state index in [0.717, 1.165) is 44.6 Å². The monoisotopic (exact) mass is 256 g/mol. The molecule has 2 atom stereocenters. The predicted octanol–water partition coefficient (Wildman–Crippen LogP) is 1.73. The number of amides is 1. The lowest BCUT2D eigenvalue weighted by atomic mass is 9.94. The predicted molar refractivity (Wildman–Crippen MR) is 73.3 cm³/mol. The van der Waals surface area contributed by atoms with E-state index in [1.165, 1.54) is 0 Å². The van der Waals surface area contributed by atoms with Crippen LogP contribution in [0, 0.1) is 5.92 Å². The minimum Gasteiger partial charge on any atom is -0.338 e. The Labute approximate surface area is 109 Å². The maximum Gasteiger partial charge on any atom is 0.223 e. The van der Waals surface area contributed by atoms with Gasteiger partial charge in [-0.25, -0.2) is 0 Å². The van der Waals surface area contributed by atoms with E-state index in [1.807, 2.05) is 11.8 Å². The van der Waals surface area contributed by atoms with E-state index in [9.17, 15) is 4.79 Å². The standard InChI is InChI=1S/C13H24N2OS/c1-10-11(2)17-8-7-15(10)13(16)9-12-3-5-14-6-4-12/h10-12,14H,3-9H2,1-2H3. The molecule has 0 aromatic carbocycles. The van der Waals surface area contributed by atoms with Crippen LogP contribution in [0.15, 0.2) is 0 Å². The molecule has 2 heterocycles. The van der Waals surface area contributed by atoms with Crippen LogP contribution in [0.5, 0.6) is 0 Å². The van der Waals surface area contributed by atoms with Gasteiger partial charge in [-0.15, -0.1) is 0 Å². The molecule has 2 fully saturated rings. The Morgan fingerprint density at radius 1 is 1.35 bits per heavy atom. The Morgan fingerprint density at radius 2 is 2.06 bits per heavy atom. The van der Waals surface area contributed by atoms with Gasteiger partial charge in [0.25, 0.3) is 0 Å². The van der Waals surface area contributed by atoms with E-state index >= 15 is 0 Å². The molecule has 0 saturated carbocycles. The van der Waals surface area contributed by atoms with Gasteiger partial charge in [-0.3, -0.25) is 4.79 Å². The van der Waals surface area contributed by atoms with E-state index in [4.69, 9.17) is 0 Å². The fourth-order valence-corrected chi connectivity index (χ4v) is 3.83. The van der Waals surface area contributed by atoms with Gasteiger partial charge in [0.05, 0.1) is 0 Å². The molecule has 1 N–H and O–H groups in total. The summed E-state index contributed by atoms with van der Waals surface area (Å²) < 4.78 is 0. The zero-order valence-electron chi connectivity index (χ0n) is 10.9. The first kappa shape index (κ1) is 13.2. The molecule has 1 amide bonds. The van der Waals surface area contributed by atoms with Crippen LogP contribution in [0.1, 0.15) is 33.1 Å². The summed E-state index contributed by atoms with van der Waals surface area (Å²) in [7, 11) is 0. The van der Waals surface area contributed by atoms with Crippen molar-refractivity contribution in [2.75, 3.05) is 25.4 Å². The summed E-state index contributed by atoms with van der Waals surface area (Å²) in [6, 6.07) is 0.406. The Morgan fingerprint density at radius 3 is 2.76 bits per heavy atom. The number of hydrogen-bond acceptors (Lipinski definition) is 3. The third-order valence-electron chi connectivity index (χ3n) is 4.13. The number of piperidine rings is 1. The third-order valence-corrected chi connectivity index (χ3v) is 5.46. The zero-order valence-corrected chi connectivity index (χ0v) is 11.8. The number of thioether (sulfide) groups is 1. The zero-order chi connectivity index (χ0) is 12.3. The molecule has 17 heavy (non-hydrogen) atoms. The Bertz CT molecular complexity index is 266. The quantitative estimate of drug-likeness (QED) is 0.816. The first-order valence-electron chi connectivity index (χ1n) is 6.80. The highest BCUT2D eigenvalue weighted by molar-refractivity contribution is 8.00. The van der Waals surface area contributed by atoms with Crippen molar-refractivity contribution in [3.05, 3.63) is 0 Å². The van der Waals surface area contributed by atoms with Gasteiger partial charge in [0.1, 0.15) is 0 Å². The first-order valence-corrected chi connectivity index (χ1v) is 7.85. The summed E-state index contributed by atoms with van der Waals surface area (Å²) >= 11 is 1.99. The number of carbonyl (C=O) groups excluding carboxylic acids is 1. The highest BCUT2D eigenvalue weighted by Crippen LogP contribution is 2.26. The third kappa shape index (κ3) is 3.38. The molecule has 2 rings (SSSR count). The summed E-state index contributed by atoms with van der Waals surface area (Å²) in [5.41, 5.74) is 0. The van der Waals surface area contributed by atoms with Crippen molar-refractivity contribution in [3.63, 3.8) is 0 Å². The molecular weight excluding hydrogens is 232 g/mol. The van der Waals surface area contributed by atoms with Gasteiger partial charge in [-0.05, 0) is 38.8 Å². The van der Waals surface area contributed by atoms with Gasteiger partial charge in [-0.2, -0.15) is 11.8 Å². The maximum absolute atomic E-state index is 12.3. The Balaban J connectivity index is 1.85. The lowest BCUT2D eigenvalue weighted by molar-refractivity contribution is -0.134. The van der Waals surface area contributed by atoms with Crippen LogP contribution >= 0.6 is 11.8 Å².